The molecule has 0 atom stereocenters. The van der Waals surface area contributed by atoms with Gasteiger partial charge >= 0.3 is 0 Å². The van der Waals surface area contributed by atoms with E-state index in [9.17, 15) is 4.79 Å². The zero-order valence-electron chi connectivity index (χ0n) is 12.4. The molecule has 0 radical (unpaired) electrons. The number of hydrogen-bond acceptors (Lipinski definition) is 2. The molecular formula is C17H24BrNO. The number of halogens is 1. The number of nitrogens with zero attached hydrogens (tertiary/aromatic N) is 1. The van der Waals surface area contributed by atoms with E-state index >= 15 is 0 Å². The van der Waals surface area contributed by atoms with Crippen LogP contribution in [0.4, 0.5) is 0 Å². The zero-order chi connectivity index (χ0) is 14.5. The maximum atomic E-state index is 12.1. The Bertz CT molecular complexity index is 433. The molecule has 1 heterocycles. The summed E-state index contributed by atoms with van der Waals surface area (Å²) in [6.07, 6.45) is 3.20. The van der Waals surface area contributed by atoms with Crippen molar-refractivity contribution >= 4 is 21.7 Å². The monoisotopic (exact) mass is 337 g/mol. The Kier molecular flexibility index (Phi) is 5.79. The second-order valence-corrected chi connectivity index (χ2v) is 7.02. The van der Waals surface area contributed by atoms with E-state index in [1.807, 2.05) is 24.3 Å². The molecule has 2 rings (SSSR count). The average molecular weight is 338 g/mol. The van der Waals surface area contributed by atoms with Crippen molar-refractivity contribution in [2.75, 3.05) is 19.6 Å². The molecule has 1 aromatic carbocycles. The van der Waals surface area contributed by atoms with Crippen molar-refractivity contribution in [3.8, 4) is 0 Å². The van der Waals surface area contributed by atoms with Crippen LogP contribution in [0.15, 0.2) is 28.7 Å². The van der Waals surface area contributed by atoms with Crippen LogP contribution in [-0.2, 0) is 0 Å². The van der Waals surface area contributed by atoms with E-state index in [1.54, 1.807) is 0 Å². The van der Waals surface area contributed by atoms with E-state index in [0.29, 0.717) is 6.42 Å². The van der Waals surface area contributed by atoms with Crippen LogP contribution in [0, 0.1) is 11.8 Å². The number of carbonyl (C=O) groups is 1. The molecule has 1 aliphatic rings. The van der Waals surface area contributed by atoms with Crippen LogP contribution < -0.4 is 0 Å². The summed E-state index contributed by atoms with van der Waals surface area (Å²) in [6.45, 7) is 7.83. The number of hydrogen-bond donors (Lipinski definition) is 0. The lowest BCUT2D eigenvalue weighted by Crippen LogP contribution is -2.36. The molecule has 0 saturated carbocycles. The van der Waals surface area contributed by atoms with Gasteiger partial charge in [0.25, 0.3) is 0 Å². The van der Waals surface area contributed by atoms with Gasteiger partial charge in [-0.15, -0.1) is 0 Å². The first-order chi connectivity index (χ1) is 9.56. The SMILES string of the molecule is CC(C)C1CCN(CCC(=O)c2ccc(Br)cc2)CC1. The van der Waals surface area contributed by atoms with Crippen molar-refractivity contribution in [2.24, 2.45) is 11.8 Å². The summed E-state index contributed by atoms with van der Waals surface area (Å²) in [7, 11) is 0. The summed E-state index contributed by atoms with van der Waals surface area (Å²) < 4.78 is 1.02. The van der Waals surface area contributed by atoms with Gasteiger partial charge in [-0.3, -0.25) is 4.79 Å². The third-order valence-electron chi connectivity index (χ3n) is 4.40. The van der Waals surface area contributed by atoms with Crippen LogP contribution in [-0.4, -0.2) is 30.3 Å². The summed E-state index contributed by atoms with van der Waals surface area (Å²) >= 11 is 3.39. The van der Waals surface area contributed by atoms with Gasteiger partial charge in [0.1, 0.15) is 0 Å². The first kappa shape index (κ1) is 15.7. The van der Waals surface area contributed by atoms with Crippen molar-refractivity contribution in [3.05, 3.63) is 34.3 Å². The lowest BCUT2D eigenvalue weighted by molar-refractivity contribution is 0.0943. The standard InChI is InChI=1S/C17H24BrNO/c1-13(2)14-7-10-19(11-8-14)12-9-17(20)15-3-5-16(18)6-4-15/h3-6,13-14H,7-12H2,1-2H3. The van der Waals surface area contributed by atoms with Crippen molar-refractivity contribution in [1.29, 1.82) is 0 Å². The predicted molar refractivity (Wildman–Crippen MR) is 87.1 cm³/mol. The first-order valence-electron chi connectivity index (χ1n) is 7.57. The minimum Gasteiger partial charge on any atom is -0.303 e. The Morgan fingerprint density at radius 1 is 1.25 bits per heavy atom. The Balaban J connectivity index is 1.76. The number of piperidine rings is 1. The third kappa shape index (κ3) is 4.42. The lowest BCUT2D eigenvalue weighted by Gasteiger charge is -2.33. The Labute approximate surface area is 130 Å². The van der Waals surface area contributed by atoms with Gasteiger partial charge in [-0.25, -0.2) is 0 Å². The van der Waals surface area contributed by atoms with Crippen molar-refractivity contribution < 1.29 is 4.79 Å². The molecule has 0 unspecified atom stereocenters. The zero-order valence-corrected chi connectivity index (χ0v) is 14.0. The molecule has 0 bridgehead atoms. The third-order valence-corrected chi connectivity index (χ3v) is 4.93. The van der Waals surface area contributed by atoms with Crippen LogP contribution >= 0.6 is 15.9 Å². The smallest absolute Gasteiger partial charge is 0.164 e. The number of benzene rings is 1. The molecule has 0 aliphatic carbocycles. The van der Waals surface area contributed by atoms with Crippen molar-refractivity contribution in [2.45, 2.75) is 33.1 Å². The largest absolute Gasteiger partial charge is 0.303 e. The lowest BCUT2D eigenvalue weighted by atomic mass is 9.86. The van der Waals surface area contributed by atoms with E-state index < -0.39 is 0 Å². The maximum Gasteiger partial charge on any atom is 0.164 e. The predicted octanol–water partition coefficient (Wildman–Crippen LogP) is 4.39. The fourth-order valence-electron chi connectivity index (χ4n) is 2.88. The summed E-state index contributed by atoms with van der Waals surface area (Å²) in [5.74, 6) is 1.92. The molecule has 1 fully saturated rings. The molecule has 3 heteroatoms. The van der Waals surface area contributed by atoms with E-state index in [4.69, 9.17) is 0 Å². The minimum atomic E-state index is 0.253. The van der Waals surface area contributed by atoms with E-state index in [1.165, 1.54) is 12.8 Å². The highest BCUT2D eigenvalue weighted by Crippen LogP contribution is 2.24. The Morgan fingerprint density at radius 3 is 2.40 bits per heavy atom. The minimum absolute atomic E-state index is 0.253. The van der Waals surface area contributed by atoms with Crippen molar-refractivity contribution in [3.63, 3.8) is 0 Å². The van der Waals surface area contributed by atoms with Crippen LogP contribution in [0.2, 0.25) is 0 Å². The molecule has 0 N–H and O–H groups in total. The fraction of sp³-hybridized carbons (Fsp3) is 0.588. The second-order valence-electron chi connectivity index (χ2n) is 6.10. The molecule has 1 saturated heterocycles. The van der Waals surface area contributed by atoms with Gasteiger partial charge in [-0.1, -0.05) is 41.9 Å². The normalized spacial score (nSPS) is 17.6. The topological polar surface area (TPSA) is 20.3 Å². The molecule has 110 valence electrons. The number of carbonyl (C=O) groups excluding carboxylic acids is 1. The molecule has 1 aliphatic heterocycles. The average Bonchev–Trinajstić information content (AvgIpc) is 2.46. The number of rotatable bonds is 5. The summed E-state index contributed by atoms with van der Waals surface area (Å²) in [4.78, 5) is 14.6. The van der Waals surface area contributed by atoms with E-state index in [-0.39, 0.29) is 5.78 Å². The first-order valence-corrected chi connectivity index (χ1v) is 8.36. The van der Waals surface area contributed by atoms with Gasteiger partial charge in [-0.05, 0) is 49.9 Å². The number of Topliss-reactive ketones (excluding diaryl/α,β-unsaturated/α-hetero) is 1. The molecule has 0 aromatic heterocycles. The van der Waals surface area contributed by atoms with Gasteiger partial charge in [0, 0.05) is 23.0 Å². The Hall–Kier alpha value is -0.670. The summed E-state index contributed by atoms with van der Waals surface area (Å²) in [6, 6.07) is 7.66. The van der Waals surface area contributed by atoms with Crippen molar-refractivity contribution in [1.82, 2.24) is 4.90 Å². The highest BCUT2D eigenvalue weighted by atomic mass is 79.9. The van der Waals surface area contributed by atoms with Gasteiger partial charge in [0.15, 0.2) is 5.78 Å². The molecule has 2 nitrogen and oxygen atoms in total. The molecule has 20 heavy (non-hydrogen) atoms. The van der Waals surface area contributed by atoms with E-state index in [2.05, 4.69) is 34.7 Å². The second kappa shape index (κ2) is 7.37. The van der Waals surface area contributed by atoms with Gasteiger partial charge in [0.2, 0.25) is 0 Å². The van der Waals surface area contributed by atoms with E-state index in [0.717, 1.165) is 41.5 Å². The fourth-order valence-corrected chi connectivity index (χ4v) is 3.15. The molecular weight excluding hydrogens is 314 g/mol. The summed E-state index contributed by atoms with van der Waals surface area (Å²) in [5, 5.41) is 0. The molecule has 1 aromatic rings. The van der Waals surface area contributed by atoms with Crippen LogP contribution in [0.5, 0.6) is 0 Å². The van der Waals surface area contributed by atoms with Gasteiger partial charge in [0.05, 0.1) is 0 Å². The Morgan fingerprint density at radius 2 is 1.85 bits per heavy atom. The molecule has 0 amide bonds. The quantitative estimate of drug-likeness (QED) is 0.742. The molecule has 0 spiro atoms. The number of ketones is 1. The van der Waals surface area contributed by atoms with Crippen LogP contribution in [0.25, 0.3) is 0 Å². The van der Waals surface area contributed by atoms with Crippen LogP contribution in [0.1, 0.15) is 43.5 Å². The van der Waals surface area contributed by atoms with Crippen LogP contribution in [0.3, 0.4) is 0 Å². The highest BCUT2D eigenvalue weighted by Gasteiger charge is 2.21. The van der Waals surface area contributed by atoms with Gasteiger partial charge < -0.3 is 4.90 Å². The highest BCUT2D eigenvalue weighted by molar-refractivity contribution is 9.10. The number of likely N-dealkylation sites (tertiary alicyclic amines) is 1. The van der Waals surface area contributed by atoms with Gasteiger partial charge in [-0.2, -0.15) is 0 Å². The summed E-state index contributed by atoms with van der Waals surface area (Å²) in [5.41, 5.74) is 0.824. The maximum absolute atomic E-state index is 12.1.